The number of ketones is 1. The summed E-state index contributed by atoms with van der Waals surface area (Å²) in [4.78, 5) is 10.5. The van der Waals surface area contributed by atoms with Gasteiger partial charge in [-0.15, -0.1) is 0 Å². The lowest BCUT2D eigenvalue weighted by atomic mass is 10.0. The predicted molar refractivity (Wildman–Crippen MR) is 45.3 cm³/mol. The Morgan fingerprint density at radius 1 is 1.64 bits per heavy atom. The average molecular weight is 156 g/mol. The second-order valence-electron chi connectivity index (χ2n) is 2.80. The molecule has 0 amide bonds. The molecule has 2 unspecified atom stereocenters. The smallest absolute Gasteiger partial charge is 0.152 e. The molecule has 0 aliphatic carbocycles. The number of carbonyl (C=O) groups excluding carboxylic acids is 1. The van der Waals surface area contributed by atoms with Crippen molar-refractivity contribution in [3.05, 3.63) is 12.2 Å². The number of aliphatic hydroxyl groups is 1. The first-order valence-electron chi connectivity index (χ1n) is 3.94. The van der Waals surface area contributed by atoms with Crippen LogP contribution in [0.5, 0.6) is 0 Å². The third-order valence-electron chi connectivity index (χ3n) is 1.66. The average Bonchev–Trinajstić information content (AvgIpc) is 1.98. The molecule has 2 nitrogen and oxygen atoms in total. The van der Waals surface area contributed by atoms with E-state index in [0.29, 0.717) is 0 Å². The molecule has 2 atom stereocenters. The second kappa shape index (κ2) is 5.08. The molecule has 11 heavy (non-hydrogen) atoms. The normalized spacial score (nSPS) is 16.7. The summed E-state index contributed by atoms with van der Waals surface area (Å²) in [6.45, 7) is 5.32. The lowest BCUT2D eigenvalue weighted by Gasteiger charge is -2.11. The zero-order chi connectivity index (χ0) is 8.85. The monoisotopic (exact) mass is 156 g/mol. The molecule has 0 aromatic rings. The number of rotatable bonds is 4. The fraction of sp³-hybridized carbons (Fsp3) is 0.667. The SMILES string of the molecule is CCC(O)C(C)/C=C/C(C)=O. The highest BCUT2D eigenvalue weighted by Crippen LogP contribution is 2.07. The van der Waals surface area contributed by atoms with E-state index < -0.39 is 0 Å². The van der Waals surface area contributed by atoms with Gasteiger partial charge in [0.15, 0.2) is 5.78 Å². The summed E-state index contributed by atoms with van der Waals surface area (Å²) in [6, 6.07) is 0. The van der Waals surface area contributed by atoms with Crippen molar-refractivity contribution in [3.8, 4) is 0 Å². The summed E-state index contributed by atoms with van der Waals surface area (Å²) < 4.78 is 0. The fourth-order valence-corrected chi connectivity index (χ4v) is 0.787. The lowest BCUT2D eigenvalue weighted by molar-refractivity contribution is -0.112. The van der Waals surface area contributed by atoms with Crippen molar-refractivity contribution < 1.29 is 9.90 Å². The molecule has 0 rings (SSSR count). The summed E-state index contributed by atoms with van der Waals surface area (Å²) in [5, 5.41) is 9.28. The standard InChI is InChI=1S/C9H16O2/c1-4-9(11)7(2)5-6-8(3)10/h5-7,9,11H,4H2,1-3H3/b6-5+. The zero-order valence-electron chi connectivity index (χ0n) is 7.37. The highest BCUT2D eigenvalue weighted by Gasteiger charge is 2.07. The molecular weight excluding hydrogens is 140 g/mol. The maximum Gasteiger partial charge on any atom is 0.152 e. The first-order valence-corrected chi connectivity index (χ1v) is 3.94. The van der Waals surface area contributed by atoms with Gasteiger partial charge in [-0.25, -0.2) is 0 Å². The van der Waals surface area contributed by atoms with Gasteiger partial charge in [-0.1, -0.05) is 19.9 Å². The maximum atomic E-state index is 10.5. The molecule has 0 saturated heterocycles. The molecule has 0 aliphatic heterocycles. The molecule has 0 aromatic heterocycles. The van der Waals surface area contributed by atoms with E-state index in [4.69, 9.17) is 0 Å². The molecule has 0 heterocycles. The van der Waals surface area contributed by atoms with Gasteiger partial charge in [-0.2, -0.15) is 0 Å². The van der Waals surface area contributed by atoms with Gasteiger partial charge in [0.1, 0.15) is 0 Å². The van der Waals surface area contributed by atoms with Crippen LogP contribution in [0.4, 0.5) is 0 Å². The third kappa shape index (κ3) is 4.73. The maximum absolute atomic E-state index is 10.5. The van der Waals surface area contributed by atoms with Crippen molar-refractivity contribution in [1.82, 2.24) is 0 Å². The Kier molecular flexibility index (Phi) is 4.79. The van der Waals surface area contributed by atoms with E-state index in [9.17, 15) is 9.90 Å². The van der Waals surface area contributed by atoms with Crippen LogP contribution in [0.15, 0.2) is 12.2 Å². The number of hydrogen-bond acceptors (Lipinski definition) is 2. The van der Waals surface area contributed by atoms with Gasteiger partial charge in [0, 0.05) is 5.92 Å². The van der Waals surface area contributed by atoms with E-state index in [0.717, 1.165) is 6.42 Å². The van der Waals surface area contributed by atoms with E-state index in [1.165, 1.54) is 13.0 Å². The van der Waals surface area contributed by atoms with Crippen LogP contribution in [-0.4, -0.2) is 17.0 Å². The van der Waals surface area contributed by atoms with Crippen LogP contribution in [0.3, 0.4) is 0 Å². The Hall–Kier alpha value is -0.630. The van der Waals surface area contributed by atoms with Crippen molar-refractivity contribution in [3.63, 3.8) is 0 Å². The minimum absolute atomic E-state index is 0.0279. The molecule has 0 bridgehead atoms. The van der Waals surface area contributed by atoms with Crippen molar-refractivity contribution in [1.29, 1.82) is 0 Å². The number of hydrogen-bond donors (Lipinski definition) is 1. The molecule has 0 spiro atoms. The number of aliphatic hydroxyl groups excluding tert-OH is 1. The first kappa shape index (κ1) is 10.4. The van der Waals surface area contributed by atoms with Crippen LogP contribution >= 0.6 is 0 Å². The largest absolute Gasteiger partial charge is 0.393 e. The Morgan fingerprint density at radius 3 is 2.55 bits per heavy atom. The van der Waals surface area contributed by atoms with E-state index in [-0.39, 0.29) is 17.8 Å². The van der Waals surface area contributed by atoms with Gasteiger partial charge in [-0.3, -0.25) is 4.79 Å². The Morgan fingerprint density at radius 2 is 2.18 bits per heavy atom. The Balaban J connectivity index is 3.85. The number of carbonyl (C=O) groups is 1. The van der Waals surface area contributed by atoms with E-state index in [1.807, 2.05) is 13.8 Å². The summed E-state index contributed by atoms with van der Waals surface area (Å²) in [5.41, 5.74) is 0. The van der Waals surface area contributed by atoms with Crippen LogP contribution in [0, 0.1) is 5.92 Å². The van der Waals surface area contributed by atoms with Gasteiger partial charge in [-0.05, 0) is 19.4 Å². The van der Waals surface area contributed by atoms with Crippen LogP contribution < -0.4 is 0 Å². The van der Waals surface area contributed by atoms with Gasteiger partial charge in [0.05, 0.1) is 6.10 Å². The molecular formula is C9H16O2. The summed E-state index contributed by atoms with van der Waals surface area (Å²) >= 11 is 0. The van der Waals surface area contributed by atoms with Gasteiger partial charge in [0.2, 0.25) is 0 Å². The molecule has 0 radical (unpaired) electrons. The van der Waals surface area contributed by atoms with Crippen LogP contribution in [0.25, 0.3) is 0 Å². The zero-order valence-corrected chi connectivity index (χ0v) is 7.37. The van der Waals surface area contributed by atoms with Gasteiger partial charge in [0.25, 0.3) is 0 Å². The highest BCUT2D eigenvalue weighted by atomic mass is 16.3. The van der Waals surface area contributed by atoms with Crippen LogP contribution in [0.2, 0.25) is 0 Å². The molecule has 64 valence electrons. The summed E-state index contributed by atoms with van der Waals surface area (Å²) in [5.74, 6) is 0.101. The van der Waals surface area contributed by atoms with Crippen molar-refractivity contribution >= 4 is 5.78 Å². The van der Waals surface area contributed by atoms with Crippen LogP contribution in [-0.2, 0) is 4.79 Å². The molecule has 1 N–H and O–H groups in total. The van der Waals surface area contributed by atoms with Crippen molar-refractivity contribution in [2.24, 2.45) is 5.92 Å². The van der Waals surface area contributed by atoms with Gasteiger partial charge >= 0.3 is 0 Å². The Bertz CT molecular complexity index is 150. The minimum atomic E-state index is -0.328. The quantitative estimate of drug-likeness (QED) is 0.627. The van der Waals surface area contributed by atoms with E-state index in [2.05, 4.69) is 0 Å². The van der Waals surface area contributed by atoms with Gasteiger partial charge < -0.3 is 5.11 Å². The second-order valence-corrected chi connectivity index (χ2v) is 2.80. The highest BCUT2D eigenvalue weighted by molar-refractivity contribution is 5.87. The fourth-order valence-electron chi connectivity index (χ4n) is 0.787. The lowest BCUT2D eigenvalue weighted by Crippen LogP contribution is -2.13. The molecule has 2 heteroatoms. The Labute approximate surface area is 67.9 Å². The molecule has 0 aliphatic rings. The molecule has 0 fully saturated rings. The van der Waals surface area contributed by atoms with Crippen molar-refractivity contribution in [2.45, 2.75) is 33.3 Å². The molecule has 0 saturated carbocycles. The van der Waals surface area contributed by atoms with E-state index >= 15 is 0 Å². The summed E-state index contributed by atoms with van der Waals surface area (Å²) in [6.07, 6.45) is 3.65. The predicted octanol–water partition coefficient (Wildman–Crippen LogP) is 1.54. The third-order valence-corrected chi connectivity index (χ3v) is 1.66. The van der Waals surface area contributed by atoms with E-state index in [1.54, 1.807) is 6.08 Å². The van der Waals surface area contributed by atoms with Crippen LogP contribution in [0.1, 0.15) is 27.2 Å². The summed E-state index contributed by atoms with van der Waals surface area (Å²) in [7, 11) is 0. The first-order chi connectivity index (χ1) is 5.07. The molecule has 0 aromatic carbocycles. The number of allylic oxidation sites excluding steroid dienone is 1. The minimum Gasteiger partial charge on any atom is -0.393 e. The topological polar surface area (TPSA) is 37.3 Å². The van der Waals surface area contributed by atoms with Crippen molar-refractivity contribution in [2.75, 3.05) is 0 Å².